The highest BCUT2D eigenvalue weighted by molar-refractivity contribution is 14.0. The number of benzene rings is 1. The number of nitrogens with one attached hydrogen (secondary N) is 2. The fraction of sp³-hybridized carbons (Fsp3) is 0.632. The van der Waals surface area contributed by atoms with Gasteiger partial charge in [0.05, 0.1) is 20.8 Å². The van der Waals surface area contributed by atoms with Crippen LogP contribution in [0.5, 0.6) is 17.2 Å². The van der Waals surface area contributed by atoms with E-state index in [0.29, 0.717) is 18.0 Å². The molecule has 7 heteroatoms. The van der Waals surface area contributed by atoms with Crippen LogP contribution in [0.15, 0.2) is 17.1 Å². The molecule has 0 aliphatic heterocycles. The predicted molar refractivity (Wildman–Crippen MR) is 118 cm³/mol. The first-order valence-electron chi connectivity index (χ1n) is 8.97. The summed E-state index contributed by atoms with van der Waals surface area (Å²) >= 11 is 0. The van der Waals surface area contributed by atoms with Crippen LogP contribution in [0.3, 0.4) is 0 Å². The van der Waals surface area contributed by atoms with Crippen LogP contribution in [0.2, 0.25) is 0 Å². The van der Waals surface area contributed by atoms with Gasteiger partial charge in [-0.15, -0.1) is 24.0 Å². The van der Waals surface area contributed by atoms with E-state index in [1.54, 1.807) is 12.1 Å². The van der Waals surface area contributed by atoms with Crippen LogP contribution in [0.25, 0.3) is 0 Å². The highest BCUT2D eigenvalue weighted by Crippen LogP contribution is 2.37. The van der Waals surface area contributed by atoms with E-state index in [2.05, 4.69) is 29.5 Å². The van der Waals surface area contributed by atoms with Crippen LogP contribution in [0.1, 0.15) is 45.6 Å². The second-order valence-electron chi connectivity index (χ2n) is 6.36. The standard InChI is InChI=1S/C19H33N3O3.HI/c1-6-20-19(21-10-8-7-9-14(2)3)22-13-15-11-16(24-4)18(23)17(12-15)25-5;/h11-12,14,23H,6-10,13H2,1-5H3,(H2,20,21,22);1H. The molecule has 0 fully saturated rings. The van der Waals surface area contributed by atoms with Crippen LogP contribution in [0.4, 0.5) is 0 Å². The molecule has 0 bridgehead atoms. The molecular formula is C19H34IN3O3. The Morgan fingerprint density at radius 3 is 2.23 bits per heavy atom. The van der Waals surface area contributed by atoms with Gasteiger partial charge in [0, 0.05) is 13.1 Å². The summed E-state index contributed by atoms with van der Waals surface area (Å²) in [4.78, 5) is 4.60. The molecule has 1 aromatic carbocycles. The van der Waals surface area contributed by atoms with Gasteiger partial charge in [-0.1, -0.05) is 26.7 Å². The molecule has 0 saturated carbocycles. The second-order valence-corrected chi connectivity index (χ2v) is 6.36. The highest BCUT2D eigenvalue weighted by Gasteiger charge is 2.11. The molecule has 1 aromatic rings. The molecule has 0 unspecified atom stereocenters. The van der Waals surface area contributed by atoms with Crippen LogP contribution in [0, 0.1) is 5.92 Å². The lowest BCUT2D eigenvalue weighted by atomic mass is 10.1. The number of aromatic hydroxyl groups is 1. The number of rotatable bonds is 10. The Morgan fingerprint density at radius 1 is 1.12 bits per heavy atom. The average molecular weight is 479 g/mol. The summed E-state index contributed by atoms with van der Waals surface area (Å²) in [6.45, 7) is 8.72. The van der Waals surface area contributed by atoms with Gasteiger partial charge in [0.1, 0.15) is 0 Å². The van der Waals surface area contributed by atoms with Crippen molar-refractivity contribution in [2.45, 2.75) is 46.6 Å². The van der Waals surface area contributed by atoms with E-state index in [4.69, 9.17) is 9.47 Å². The molecule has 0 aliphatic carbocycles. The number of ether oxygens (including phenoxy) is 2. The number of phenols is 1. The van der Waals surface area contributed by atoms with E-state index >= 15 is 0 Å². The summed E-state index contributed by atoms with van der Waals surface area (Å²) in [5.41, 5.74) is 0.906. The van der Waals surface area contributed by atoms with Crippen molar-refractivity contribution in [2.24, 2.45) is 10.9 Å². The van der Waals surface area contributed by atoms with E-state index in [-0.39, 0.29) is 29.7 Å². The van der Waals surface area contributed by atoms with Crippen molar-refractivity contribution in [2.75, 3.05) is 27.3 Å². The first-order valence-corrected chi connectivity index (χ1v) is 8.97. The van der Waals surface area contributed by atoms with Crippen LogP contribution >= 0.6 is 24.0 Å². The number of unbranched alkanes of at least 4 members (excludes halogenated alkanes) is 1. The van der Waals surface area contributed by atoms with Gasteiger partial charge < -0.3 is 25.2 Å². The lowest BCUT2D eigenvalue weighted by Gasteiger charge is -2.13. The number of halogens is 1. The summed E-state index contributed by atoms with van der Waals surface area (Å²) in [5.74, 6) is 2.32. The molecule has 0 atom stereocenters. The molecule has 0 saturated heterocycles. The van der Waals surface area contributed by atoms with Crippen molar-refractivity contribution in [1.29, 1.82) is 0 Å². The third kappa shape index (κ3) is 8.82. The Hall–Kier alpha value is -1.38. The maximum absolute atomic E-state index is 9.97. The number of nitrogens with zero attached hydrogens (tertiary/aromatic N) is 1. The number of guanidine groups is 1. The van der Waals surface area contributed by atoms with Crippen molar-refractivity contribution in [3.8, 4) is 17.2 Å². The maximum atomic E-state index is 9.97. The number of hydrogen-bond donors (Lipinski definition) is 3. The summed E-state index contributed by atoms with van der Waals surface area (Å²) in [5, 5.41) is 16.6. The zero-order chi connectivity index (χ0) is 18.7. The minimum absolute atomic E-state index is 0. The predicted octanol–water partition coefficient (Wildman–Crippen LogP) is 3.91. The Balaban J connectivity index is 0.00000625. The van der Waals surface area contributed by atoms with Gasteiger partial charge in [0.25, 0.3) is 0 Å². The van der Waals surface area contributed by atoms with Crippen molar-refractivity contribution in [3.05, 3.63) is 17.7 Å². The molecule has 1 rings (SSSR count). The Labute approximate surface area is 174 Å². The molecular weight excluding hydrogens is 445 g/mol. The summed E-state index contributed by atoms with van der Waals surface area (Å²) in [6, 6.07) is 3.54. The van der Waals surface area contributed by atoms with Gasteiger partial charge in [-0.3, -0.25) is 0 Å². The van der Waals surface area contributed by atoms with Crippen molar-refractivity contribution in [1.82, 2.24) is 10.6 Å². The summed E-state index contributed by atoms with van der Waals surface area (Å²) < 4.78 is 10.4. The van der Waals surface area contributed by atoms with E-state index in [1.807, 2.05) is 6.92 Å². The molecule has 0 aliphatic rings. The highest BCUT2D eigenvalue weighted by atomic mass is 127. The van der Waals surface area contributed by atoms with Crippen LogP contribution in [-0.4, -0.2) is 38.4 Å². The van der Waals surface area contributed by atoms with Gasteiger partial charge in [-0.05, 0) is 37.0 Å². The van der Waals surface area contributed by atoms with Crippen LogP contribution in [-0.2, 0) is 6.54 Å². The summed E-state index contributed by atoms with van der Waals surface area (Å²) in [7, 11) is 3.04. The largest absolute Gasteiger partial charge is 0.502 e. The molecule has 0 spiro atoms. The normalized spacial score (nSPS) is 11.1. The average Bonchev–Trinajstić information content (AvgIpc) is 2.59. The lowest BCUT2D eigenvalue weighted by molar-refractivity contribution is 0.339. The van der Waals surface area contributed by atoms with Gasteiger partial charge in [0.2, 0.25) is 5.75 Å². The second kappa shape index (κ2) is 13.8. The molecule has 3 N–H and O–H groups in total. The van der Waals surface area contributed by atoms with Gasteiger partial charge in [0.15, 0.2) is 17.5 Å². The fourth-order valence-corrected chi connectivity index (χ4v) is 2.44. The molecule has 0 heterocycles. The van der Waals surface area contributed by atoms with Crippen molar-refractivity contribution >= 4 is 29.9 Å². The van der Waals surface area contributed by atoms with Crippen LogP contribution < -0.4 is 20.1 Å². The lowest BCUT2D eigenvalue weighted by Crippen LogP contribution is -2.37. The maximum Gasteiger partial charge on any atom is 0.200 e. The van der Waals surface area contributed by atoms with Gasteiger partial charge in [-0.2, -0.15) is 0 Å². The summed E-state index contributed by atoms with van der Waals surface area (Å²) in [6.07, 6.45) is 3.60. The van der Waals surface area contributed by atoms with E-state index < -0.39 is 0 Å². The minimum Gasteiger partial charge on any atom is -0.502 e. The van der Waals surface area contributed by atoms with E-state index in [1.165, 1.54) is 27.1 Å². The van der Waals surface area contributed by atoms with Crippen molar-refractivity contribution < 1.29 is 14.6 Å². The zero-order valence-electron chi connectivity index (χ0n) is 16.6. The number of phenolic OH excluding ortho intramolecular Hbond substituents is 1. The van der Waals surface area contributed by atoms with E-state index in [9.17, 15) is 5.11 Å². The van der Waals surface area contributed by atoms with Gasteiger partial charge >= 0.3 is 0 Å². The van der Waals surface area contributed by atoms with E-state index in [0.717, 1.165) is 37.0 Å². The number of hydrogen-bond acceptors (Lipinski definition) is 4. The quantitative estimate of drug-likeness (QED) is 0.205. The topological polar surface area (TPSA) is 75.1 Å². The first-order chi connectivity index (χ1) is 12.0. The zero-order valence-corrected chi connectivity index (χ0v) is 18.9. The molecule has 150 valence electrons. The Kier molecular flexibility index (Phi) is 13.0. The minimum atomic E-state index is 0. The molecule has 0 radical (unpaired) electrons. The Morgan fingerprint density at radius 2 is 1.73 bits per heavy atom. The van der Waals surface area contributed by atoms with Crippen molar-refractivity contribution in [3.63, 3.8) is 0 Å². The smallest absolute Gasteiger partial charge is 0.200 e. The third-order valence-corrected chi connectivity index (χ3v) is 3.80. The monoisotopic (exact) mass is 479 g/mol. The fourth-order valence-electron chi connectivity index (χ4n) is 2.44. The third-order valence-electron chi connectivity index (χ3n) is 3.80. The molecule has 6 nitrogen and oxygen atoms in total. The number of aliphatic imine (C=N–C) groups is 1. The molecule has 0 amide bonds. The first kappa shape index (κ1) is 24.6. The Bertz CT molecular complexity index is 526. The molecule has 0 aromatic heterocycles. The molecule has 26 heavy (non-hydrogen) atoms. The SMILES string of the molecule is CCNC(=NCc1cc(OC)c(O)c(OC)c1)NCCCCC(C)C.I. The number of methoxy groups -OCH3 is 2. The van der Waals surface area contributed by atoms with Gasteiger partial charge in [-0.25, -0.2) is 4.99 Å².